The molecule has 6 rings (SSSR count). The van der Waals surface area contributed by atoms with E-state index in [-0.39, 0.29) is 5.41 Å². The van der Waals surface area contributed by atoms with Gasteiger partial charge in [0.2, 0.25) is 0 Å². The van der Waals surface area contributed by atoms with Crippen molar-refractivity contribution < 1.29 is 0 Å². The Kier molecular flexibility index (Phi) is 3.68. The van der Waals surface area contributed by atoms with E-state index in [0.717, 1.165) is 36.4 Å². The monoisotopic (exact) mass is 386 g/mol. The lowest BCUT2D eigenvalue weighted by molar-refractivity contribution is 0.304. The summed E-state index contributed by atoms with van der Waals surface area (Å²) in [5.41, 5.74) is 4.90. The number of hydrogen-bond donors (Lipinski definition) is 0. The summed E-state index contributed by atoms with van der Waals surface area (Å²) < 4.78 is 2.25. The summed E-state index contributed by atoms with van der Waals surface area (Å²) in [5, 5.41) is 8.30. The molecule has 1 aromatic carbocycles. The van der Waals surface area contributed by atoms with Crippen LogP contribution in [0.5, 0.6) is 0 Å². The zero-order valence-electron chi connectivity index (χ0n) is 15.7. The molecule has 0 bridgehead atoms. The Morgan fingerprint density at radius 3 is 2.89 bits per heavy atom. The Balaban J connectivity index is 1.30. The highest BCUT2D eigenvalue weighted by molar-refractivity contribution is 7.09. The van der Waals surface area contributed by atoms with Crippen molar-refractivity contribution in [1.82, 2.24) is 19.7 Å². The second-order valence-electron chi connectivity index (χ2n) is 8.13. The number of likely N-dealkylation sites (tertiary alicyclic amines) is 1. The molecule has 1 spiro atoms. The van der Waals surface area contributed by atoms with Crippen molar-refractivity contribution in [3.63, 3.8) is 0 Å². The lowest BCUT2D eigenvalue weighted by Gasteiger charge is -2.23. The minimum atomic E-state index is 0.271. The van der Waals surface area contributed by atoms with Crippen LogP contribution in [0, 0.1) is 0 Å². The summed E-state index contributed by atoms with van der Waals surface area (Å²) in [6, 6.07) is 17.2. The summed E-state index contributed by atoms with van der Waals surface area (Å²) in [6.07, 6.45) is 4.41. The molecule has 0 radical (unpaired) electrons. The number of aryl methyl sites for hydroxylation is 1. The molecule has 5 heterocycles. The van der Waals surface area contributed by atoms with Gasteiger partial charge in [-0.2, -0.15) is 5.10 Å². The van der Waals surface area contributed by atoms with Gasteiger partial charge in [0.15, 0.2) is 0 Å². The van der Waals surface area contributed by atoms with Crippen molar-refractivity contribution in [3.05, 3.63) is 70.7 Å². The quantitative estimate of drug-likeness (QED) is 0.511. The summed E-state index contributed by atoms with van der Waals surface area (Å²) in [6.45, 7) is 4.43. The molecule has 1 fully saturated rings. The Labute approximate surface area is 168 Å². The number of aromatic nitrogens is 3. The van der Waals surface area contributed by atoms with Crippen molar-refractivity contribution in [2.75, 3.05) is 13.1 Å². The molecule has 0 saturated carbocycles. The van der Waals surface area contributed by atoms with E-state index in [1.807, 2.05) is 23.6 Å². The Bertz CT molecular complexity index is 1150. The molecule has 4 aromatic rings. The molecule has 140 valence electrons. The highest BCUT2D eigenvalue weighted by atomic mass is 32.1. The third-order valence-electron chi connectivity index (χ3n) is 6.40. The molecule has 1 unspecified atom stereocenters. The predicted octanol–water partition coefficient (Wildman–Crippen LogP) is 4.71. The second kappa shape index (κ2) is 6.26. The number of para-hydroxylation sites is 1. The number of benzene rings is 1. The molecular formula is C23H22N4S. The lowest BCUT2D eigenvalue weighted by atomic mass is 9.82. The van der Waals surface area contributed by atoms with Gasteiger partial charge in [0.05, 0.1) is 11.2 Å². The number of pyridine rings is 1. The molecule has 1 atom stereocenters. The van der Waals surface area contributed by atoms with Crippen LogP contribution in [0.4, 0.5) is 0 Å². The minimum absolute atomic E-state index is 0.271. The van der Waals surface area contributed by atoms with Gasteiger partial charge in [-0.25, -0.2) is 0 Å². The third-order valence-corrected chi connectivity index (χ3v) is 7.27. The highest BCUT2D eigenvalue weighted by Crippen LogP contribution is 2.44. The first-order valence-corrected chi connectivity index (χ1v) is 10.9. The van der Waals surface area contributed by atoms with Crippen LogP contribution in [0.25, 0.3) is 22.2 Å². The molecule has 0 aliphatic carbocycles. The molecule has 4 nitrogen and oxygen atoms in total. The number of fused-ring (bicyclic) bond motifs is 3. The van der Waals surface area contributed by atoms with Crippen molar-refractivity contribution in [3.8, 4) is 11.3 Å². The summed E-state index contributed by atoms with van der Waals surface area (Å²) in [4.78, 5) is 8.71. The molecule has 2 aliphatic heterocycles. The van der Waals surface area contributed by atoms with E-state index < -0.39 is 0 Å². The Morgan fingerprint density at radius 1 is 1.04 bits per heavy atom. The standard InChI is InChI=1S/C23H22N4S/c1-2-6-20-17(4-1)12-18(14-24-20)21-13-22-23(8-10-27(22)25-21)7-9-26(16-23)15-19-5-3-11-28-19/h1-6,11-14H,7-10,15-16H2. The number of rotatable bonds is 3. The maximum atomic E-state index is 4.95. The Hall–Kier alpha value is -2.50. The van der Waals surface area contributed by atoms with E-state index in [1.165, 1.54) is 35.3 Å². The lowest BCUT2D eigenvalue weighted by Crippen LogP contribution is -2.28. The fourth-order valence-corrected chi connectivity index (χ4v) is 5.69. The predicted molar refractivity (Wildman–Crippen MR) is 113 cm³/mol. The Morgan fingerprint density at radius 2 is 1.96 bits per heavy atom. The van der Waals surface area contributed by atoms with Crippen LogP contribution < -0.4 is 0 Å². The average molecular weight is 387 g/mol. The van der Waals surface area contributed by atoms with Crippen LogP contribution in [0.2, 0.25) is 0 Å². The highest BCUT2D eigenvalue weighted by Gasteiger charge is 2.45. The first-order chi connectivity index (χ1) is 13.8. The van der Waals surface area contributed by atoms with Crippen LogP contribution in [0.1, 0.15) is 23.4 Å². The second-order valence-corrected chi connectivity index (χ2v) is 9.16. The van der Waals surface area contributed by atoms with Crippen molar-refractivity contribution >= 4 is 22.2 Å². The SMILES string of the molecule is c1csc(CN2CCC3(CCn4nc(-c5cnc6ccccc6c5)cc43)C2)c1. The van der Waals surface area contributed by atoms with Gasteiger partial charge >= 0.3 is 0 Å². The normalized spacial score (nSPS) is 21.7. The fourth-order valence-electron chi connectivity index (χ4n) is 4.94. The number of hydrogen-bond acceptors (Lipinski definition) is 4. The van der Waals surface area contributed by atoms with E-state index in [0.29, 0.717) is 0 Å². The van der Waals surface area contributed by atoms with Gasteiger partial charge in [0.1, 0.15) is 0 Å². The zero-order valence-corrected chi connectivity index (χ0v) is 16.5. The van der Waals surface area contributed by atoms with Crippen molar-refractivity contribution in [1.29, 1.82) is 0 Å². The van der Waals surface area contributed by atoms with Crippen LogP contribution in [-0.2, 0) is 18.5 Å². The maximum Gasteiger partial charge on any atom is 0.0941 e. The van der Waals surface area contributed by atoms with Gasteiger partial charge in [-0.05, 0) is 49.0 Å². The molecule has 0 amide bonds. The summed E-state index contributed by atoms with van der Waals surface area (Å²) >= 11 is 1.86. The smallest absolute Gasteiger partial charge is 0.0941 e. The first kappa shape index (κ1) is 16.5. The largest absolute Gasteiger partial charge is 0.297 e. The molecular weight excluding hydrogens is 364 g/mol. The summed E-state index contributed by atoms with van der Waals surface area (Å²) in [5.74, 6) is 0. The summed E-state index contributed by atoms with van der Waals surface area (Å²) in [7, 11) is 0. The van der Waals surface area contributed by atoms with Crippen molar-refractivity contribution in [2.24, 2.45) is 0 Å². The molecule has 28 heavy (non-hydrogen) atoms. The van der Waals surface area contributed by atoms with E-state index in [4.69, 9.17) is 5.10 Å². The molecule has 1 saturated heterocycles. The zero-order chi connectivity index (χ0) is 18.6. The van der Waals surface area contributed by atoms with Gasteiger partial charge in [-0.3, -0.25) is 14.6 Å². The third kappa shape index (κ3) is 2.61. The van der Waals surface area contributed by atoms with E-state index >= 15 is 0 Å². The number of thiophene rings is 1. The topological polar surface area (TPSA) is 34.0 Å². The molecule has 3 aromatic heterocycles. The van der Waals surface area contributed by atoms with Gasteiger partial charge in [0, 0.05) is 52.8 Å². The van der Waals surface area contributed by atoms with Crippen LogP contribution in [0.3, 0.4) is 0 Å². The van der Waals surface area contributed by atoms with E-state index in [9.17, 15) is 0 Å². The van der Waals surface area contributed by atoms with E-state index in [2.05, 4.69) is 62.4 Å². The average Bonchev–Trinajstić information content (AvgIpc) is 3.50. The molecule has 5 heteroatoms. The van der Waals surface area contributed by atoms with Crippen LogP contribution in [0.15, 0.2) is 60.1 Å². The maximum absolute atomic E-state index is 4.95. The first-order valence-electron chi connectivity index (χ1n) is 9.97. The van der Waals surface area contributed by atoms with Crippen molar-refractivity contribution in [2.45, 2.75) is 31.3 Å². The fraction of sp³-hybridized carbons (Fsp3) is 0.304. The van der Waals surface area contributed by atoms with Crippen LogP contribution in [-0.4, -0.2) is 32.8 Å². The van der Waals surface area contributed by atoms with Gasteiger partial charge < -0.3 is 0 Å². The number of nitrogens with zero attached hydrogens (tertiary/aromatic N) is 4. The van der Waals surface area contributed by atoms with Gasteiger partial charge in [-0.1, -0.05) is 24.3 Å². The van der Waals surface area contributed by atoms with Gasteiger partial charge in [0.25, 0.3) is 0 Å². The van der Waals surface area contributed by atoms with Gasteiger partial charge in [-0.15, -0.1) is 11.3 Å². The molecule has 0 N–H and O–H groups in total. The van der Waals surface area contributed by atoms with E-state index in [1.54, 1.807) is 0 Å². The minimum Gasteiger partial charge on any atom is -0.297 e. The van der Waals surface area contributed by atoms with Crippen LogP contribution >= 0.6 is 11.3 Å². The molecule has 2 aliphatic rings.